The largest absolute Gasteiger partial charge is 0.277 e. The van der Waals surface area contributed by atoms with Gasteiger partial charge in [-0.05, 0) is 24.3 Å². The Labute approximate surface area is 98.1 Å². The normalized spacial score (nSPS) is 10.9. The lowest BCUT2D eigenvalue weighted by Crippen LogP contribution is -2.07. The third-order valence-electron chi connectivity index (χ3n) is 2.80. The van der Waals surface area contributed by atoms with E-state index in [1.165, 1.54) is 6.07 Å². The van der Waals surface area contributed by atoms with Crippen molar-refractivity contribution in [3.8, 4) is 11.3 Å². The summed E-state index contributed by atoms with van der Waals surface area (Å²) in [5.74, 6) is -0.214. The minimum atomic E-state index is -0.214. The Kier molecular flexibility index (Phi) is 2.18. The molecule has 5 heteroatoms. The van der Waals surface area contributed by atoms with Crippen molar-refractivity contribution in [1.29, 1.82) is 0 Å². The number of halogens is 1. The lowest BCUT2D eigenvalue weighted by Gasteiger charge is -1.99. The molecule has 17 heavy (non-hydrogen) atoms. The molecule has 82 valence electrons. The van der Waals surface area contributed by atoms with Gasteiger partial charge >= 0.3 is 0 Å². The monoisotopic (exact) mass is 225 g/mol. The van der Waals surface area contributed by atoms with Crippen molar-refractivity contribution in [2.75, 3.05) is 0 Å². The number of benzene rings is 1. The van der Waals surface area contributed by atoms with Crippen LogP contribution >= 0.6 is 0 Å². The van der Waals surface area contributed by atoms with E-state index >= 15 is 0 Å². The van der Waals surface area contributed by atoms with Crippen LogP contribution in [0.5, 0.6) is 0 Å². The zero-order chi connectivity index (χ0) is 11.8. The fourth-order valence-electron chi connectivity index (χ4n) is 1.88. The van der Waals surface area contributed by atoms with Crippen LogP contribution in [0.2, 0.25) is 0 Å². The molecule has 0 aliphatic rings. The fraction of sp³-hybridized carbons (Fsp3) is 0. The smallest absolute Gasteiger partial charge is 0.143 e. The van der Waals surface area contributed by atoms with Crippen LogP contribution in [0.15, 0.2) is 36.7 Å². The van der Waals surface area contributed by atoms with Crippen molar-refractivity contribution < 1.29 is 4.39 Å². The minimum Gasteiger partial charge on any atom is -0.277 e. The molecule has 0 bridgehead atoms. The molecule has 0 aliphatic carbocycles. The molecule has 0 unspecified atom stereocenters. The average Bonchev–Trinajstić information content (AvgIpc) is 2.74. The lowest BCUT2D eigenvalue weighted by atomic mass is 9.94. The Bertz CT molecular complexity index is 679. The molecule has 2 heterocycles. The van der Waals surface area contributed by atoms with E-state index in [0.29, 0.717) is 5.46 Å². The van der Waals surface area contributed by atoms with E-state index in [1.54, 1.807) is 26.3 Å². The Morgan fingerprint density at radius 2 is 1.94 bits per heavy atom. The van der Waals surface area contributed by atoms with Crippen molar-refractivity contribution in [3.05, 3.63) is 42.5 Å². The van der Waals surface area contributed by atoms with Crippen molar-refractivity contribution >= 4 is 24.2 Å². The summed E-state index contributed by atoms with van der Waals surface area (Å²) in [6.45, 7) is 0. The first-order chi connectivity index (χ1) is 8.25. The minimum absolute atomic E-state index is 0.214. The van der Waals surface area contributed by atoms with Crippen LogP contribution in [0, 0.1) is 5.82 Å². The highest BCUT2D eigenvalue weighted by molar-refractivity contribution is 6.33. The van der Waals surface area contributed by atoms with Crippen molar-refractivity contribution in [3.63, 3.8) is 0 Å². The van der Waals surface area contributed by atoms with Gasteiger partial charge in [-0.3, -0.25) is 10.1 Å². The highest BCUT2D eigenvalue weighted by atomic mass is 19.1. The van der Waals surface area contributed by atoms with E-state index in [2.05, 4.69) is 15.2 Å². The second kappa shape index (κ2) is 3.70. The molecule has 0 atom stereocenters. The highest BCUT2D eigenvalue weighted by Gasteiger charge is 2.10. The van der Waals surface area contributed by atoms with Gasteiger partial charge in [0.25, 0.3) is 0 Å². The molecule has 1 aromatic carbocycles. The number of nitrogens with zero attached hydrogens (tertiary/aromatic N) is 2. The van der Waals surface area contributed by atoms with Crippen molar-refractivity contribution in [1.82, 2.24) is 15.2 Å². The van der Waals surface area contributed by atoms with Gasteiger partial charge in [0.1, 0.15) is 19.4 Å². The summed E-state index contributed by atoms with van der Waals surface area (Å²) in [5.41, 5.74) is 3.13. The van der Waals surface area contributed by atoms with E-state index in [0.717, 1.165) is 22.2 Å². The summed E-state index contributed by atoms with van der Waals surface area (Å²) in [4.78, 5) is 3.95. The van der Waals surface area contributed by atoms with E-state index in [1.807, 2.05) is 12.1 Å². The van der Waals surface area contributed by atoms with Gasteiger partial charge in [0, 0.05) is 23.3 Å². The predicted octanol–water partition coefficient (Wildman–Crippen LogP) is 1.02. The topological polar surface area (TPSA) is 41.6 Å². The lowest BCUT2D eigenvalue weighted by molar-refractivity contribution is 0.638. The van der Waals surface area contributed by atoms with E-state index in [-0.39, 0.29) is 5.82 Å². The number of aromatic nitrogens is 3. The van der Waals surface area contributed by atoms with Gasteiger partial charge in [0.2, 0.25) is 0 Å². The summed E-state index contributed by atoms with van der Waals surface area (Å²) in [6, 6.07) is 6.99. The number of fused-ring (bicyclic) bond motifs is 1. The van der Waals surface area contributed by atoms with E-state index < -0.39 is 0 Å². The molecule has 3 rings (SSSR count). The van der Waals surface area contributed by atoms with E-state index in [4.69, 9.17) is 0 Å². The second-order valence-electron chi connectivity index (χ2n) is 3.96. The zero-order valence-corrected chi connectivity index (χ0v) is 9.24. The van der Waals surface area contributed by atoms with Gasteiger partial charge in [-0.1, -0.05) is 5.46 Å². The molecule has 2 aromatic heterocycles. The number of rotatable bonds is 1. The molecule has 0 spiro atoms. The summed E-state index contributed by atoms with van der Waals surface area (Å²) < 4.78 is 13.6. The molecule has 0 saturated carbocycles. The number of hydrogen-bond donors (Lipinski definition) is 1. The SMILES string of the molecule is Bc1cc2[nH]nc(-c3ccncc3)c2cc1F. The number of hydrogen-bond acceptors (Lipinski definition) is 2. The first-order valence-corrected chi connectivity index (χ1v) is 5.30. The molecule has 1 N–H and O–H groups in total. The van der Waals surface area contributed by atoms with Gasteiger partial charge in [-0.2, -0.15) is 5.10 Å². The van der Waals surface area contributed by atoms with Gasteiger partial charge < -0.3 is 0 Å². The molecule has 0 amide bonds. The van der Waals surface area contributed by atoms with Gasteiger partial charge in [0.15, 0.2) is 0 Å². The molecule has 0 radical (unpaired) electrons. The van der Waals surface area contributed by atoms with E-state index in [9.17, 15) is 4.39 Å². The molecular weight excluding hydrogens is 216 g/mol. The molecule has 0 aliphatic heterocycles. The van der Waals surface area contributed by atoms with Crippen LogP contribution in [0.25, 0.3) is 22.2 Å². The Morgan fingerprint density at radius 3 is 2.71 bits per heavy atom. The van der Waals surface area contributed by atoms with Gasteiger partial charge in [-0.15, -0.1) is 0 Å². The van der Waals surface area contributed by atoms with Crippen LogP contribution in [-0.2, 0) is 0 Å². The summed E-state index contributed by atoms with van der Waals surface area (Å²) in [6.07, 6.45) is 3.39. The first-order valence-electron chi connectivity index (χ1n) is 5.30. The Balaban J connectivity index is 2.29. The van der Waals surface area contributed by atoms with Crippen LogP contribution < -0.4 is 5.46 Å². The van der Waals surface area contributed by atoms with Crippen LogP contribution in [-0.4, -0.2) is 23.0 Å². The average molecular weight is 225 g/mol. The van der Waals surface area contributed by atoms with Crippen molar-refractivity contribution in [2.45, 2.75) is 0 Å². The molecule has 0 fully saturated rings. The standard InChI is InChI=1S/C12H9BFN3/c13-9-6-11-8(5-10(9)14)12(17-16-11)7-1-3-15-4-2-7/h1-6H,13H2,(H,16,17). The summed E-state index contributed by atoms with van der Waals surface area (Å²) in [7, 11) is 1.74. The van der Waals surface area contributed by atoms with Crippen LogP contribution in [0.3, 0.4) is 0 Å². The zero-order valence-electron chi connectivity index (χ0n) is 9.24. The maximum Gasteiger partial charge on any atom is 0.143 e. The molecule has 0 saturated heterocycles. The molecule has 3 aromatic rings. The third-order valence-corrected chi connectivity index (χ3v) is 2.80. The summed E-state index contributed by atoms with van der Waals surface area (Å²) in [5, 5.41) is 7.94. The highest BCUT2D eigenvalue weighted by Crippen LogP contribution is 2.25. The molecule has 3 nitrogen and oxygen atoms in total. The predicted molar refractivity (Wildman–Crippen MR) is 67.5 cm³/mol. The van der Waals surface area contributed by atoms with Crippen LogP contribution in [0.1, 0.15) is 0 Å². The third kappa shape index (κ3) is 1.60. The number of H-pyrrole nitrogens is 1. The summed E-state index contributed by atoms with van der Waals surface area (Å²) >= 11 is 0. The second-order valence-corrected chi connectivity index (χ2v) is 3.96. The van der Waals surface area contributed by atoms with Crippen molar-refractivity contribution in [2.24, 2.45) is 0 Å². The number of aromatic amines is 1. The van der Waals surface area contributed by atoms with Crippen LogP contribution in [0.4, 0.5) is 4.39 Å². The maximum atomic E-state index is 13.6. The maximum absolute atomic E-state index is 13.6. The Hall–Kier alpha value is -2.17. The fourth-order valence-corrected chi connectivity index (χ4v) is 1.88. The Morgan fingerprint density at radius 1 is 1.18 bits per heavy atom. The molecular formula is C12H9BFN3. The quantitative estimate of drug-likeness (QED) is 0.628. The first kappa shape index (κ1) is 10.0. The van der Waals surface area contributed by atoms with Gasteiger partial charge in [0.05, 0.1) is 5.52 Å². The number of nitrogens with one attached hydrogen (secondary N) is 1. The van der Waals surface area contributed by atoms with Gasteiger partial charge in [-0.25, -0.2) is 4.39 Å². The number of pyridine rings is 1.